The van der Waals surface area contributed by atoms with Crippen LogP contribution in [-0.2, 0) is 14.3 Å². The van der Waals surface area contributed by atoms with Gasteiger partial charge in [-0.3, -0.25) is 9.59 Å². The summed E-state index contributed by atoms with van der Waals surface area (Å²) in [5.41, 5.74) is -0.600. The number of carboxylic acid groups (broad SMARTS) is 1. The number of rotatable bonds is 4. The van der Waals surface area contributed by atoms with Crippen molar-refractivity contribution in [3.05, 3.63) is 53.8 Å². The molecule has 0 unspecified atom stereocenters. The lowest BCUT2D eigenvalue weighted by Crippen LogP contribution is -2.45. The van der Waals surface area contributed by atoms with Gasteiger partial charge in [0.1, 0.15) is 17.3 Å². The fraction of sp³-hybridized carbons (Fsp3) is 0.333. The second-order valence-electron chi connectivity index (χ2n) is 6.48. The molecular weight excluding hydrogens is 349 g/mol. The number of amides is 1. The number of anilines is 1. The Bertz CT molecular complexity index is 825. The van der Waals surface area contributed by atoms with E-state index in [4.69, 9.17) is 16.3 Å². The Balaban J connectivity index is 1.84. The van der Waals surface area contributed by atoms with Crippen LogP contribution in [0.1, 0.15) is 6.42 Å². The molecular formula is C18H15ClFNO4. The van der Waals surface area contributed by atoms with E-state index < -0.39 is 41.4 Å². The van der Waals surface area contributed by atoms with Crippen LogP contribution in [0.5, 0.6) is 0 Å². The van der Waals surface area contributed by atoms with Crippen molar-refractivity contribution in [1.82, 2.24) is 0 Å². The van der Waals surface area contributed by atoms with Crippen LogP contribution in [-0.4, -0.2) is 34.7 Å². The molecule has 0 radical (unpaired) electrons. The molecule has 130 valence electrons. The second-order valence-corrected chi connectivity index (χ2v) is 6.89. The Labute approximate surface area is 148 Å². The quantitative estimate of drug-likeness (QED) is 0.835. The van der Waals surface area contributed by atoms with E-state index in [1.54, 1.807) is 18.2 Å². The normalized spacial score (nSPS) is 35.3. The molecule has 5 atom stereocenters. The lowest BCUT2D eigenvalue weighted by atomic mass is 9.74. The van der Waals surface area contributed by atoms with Crippen molar-refractivity contribution >= 4 is 29.2 Å². The van der Waals surface area contributed by atoms with Crippen molar-refractivity contribution < 1.29 is 23.8 Å². The third-order valence-corrected chi connectivity index (χ3v) is 5.57. The molecule has 2 saturated heterocycles. The molecule has 4 rings (SSSR count). The minimum absolute atomic E-state index is 0.104. The fourth-order valence-electron chi connectivity index (χ4n) is 4.32. The van der Waals surface area contributed by atoms with E-state index in [1.807, 2.05) is 0 Å². The third kappa shape index (κ3) is 2.04. The highest BCUT2D eigenvalue weighted by molar-refractivity contribution is 6.31. The molecule has 2 fully saturated rings. The maximum absolute atomic E-state index is 13.5. The highest BCUT2D eigenvalue weighted by Crippen LogP contribution is 2.56. The standard InChI is InChI=1S/C18H15ClFNO4/c1-2-3-13-18-7-6-12(25-18)14(17(23)24)15(18)16(22)21(13)9-4-5-11(20)10(19)8-9/h2,4-8,12-15H,1,3H2,(H,23,24)/t12-,13+,14-,15+,18+/m0/s1. The predicted octanol–water partition coefficient (Wildman–Crippen LogP) is 2.79. The molecule has 1 amide bonds. The molecule has 1 aromatic carbocycles. The van der Waals surface area contributed by atoms with Gasteiger partial charge in [-0.2, -0.15) is 0 Å². The van der Waals surface area contributed by atoms with Crippen molar-refractivity contribution in [3.63, 3.8) is 0 Å². The van der Waals surface area contributed by atoms with Gasteiger partial charge in [0.15, 0.2) is 0 Å². The molecule has 1 N–H and O–H groups in total. The molecule has 1 aromatic rings. The van der Waals surface area contributed by atoms with Gasteiger partial charge < -0.3 is 14.7 Å². The van der Waals surface area contributed by atoms with E-state index >= 15 is 0 Å². The van der Waals surface area contributed by atoms with Crippen LogP contribution < -0.4 is 4.90 Å². The first-order chi connectivity index (χ1) is 11.9. The smallest absolute Gasteiger partial charge is 0.310 e. The van der Waals surface area contributed by atoms with E-state index in [0.29, 0.717) is 12.1 Å². The molecule has 0 aliphatic carbocycles. The Kier molecular flexibility index (Phi) is 3.53. The minimum Gasteiger partial charge on any atom is -0.481 e. The van der Waals surface area contributed by atoms with Crippen LogP contribution in [0.4, 0.5) is 10.1 Å². The van der Waals surface area contributed by atoms with Crippen molar-refractivity contribution in [1.29, 1.82) is 0 Å². The molecule has 3 aliphatic rings. The van der Waals surface area contributed by atoms with E-state index in [-0.39, 0.29) is 10.9 Å². The molecule has 5 nitrogen and oxygen atoms in total. The van der Waals surface area contributed by atoms with Gasteiger partial charge in [0, 0.05) is 5.69 Å². The average molecular weight is 364 g/mol. The summed E-state index contributed by atoms with van der Waals surface area (Å²) >= 11 is 5.87. The van der Waals surface area contributed by atoms with Crippen molar-refractivity contribution in [3.8, 4) is 0 Å². The summed E-state index contributed by atoms with van der Waals surface area (Å²) in [5.74, 6) is -3.77. The minimum atomic E-state index is -1.06. The van der Waals surface area contributed by atoms with Crippen molar-refractivity contribution in [2.45, 2.75) is 24.2 Å². The Morgan fingerprint density at radius 2 is 2.28 bits per heavy atom. The number of aliphatic carboxylic acids is 1. The molecule has 1 spiro atoms. The topological polar surface area (TPSA) is 66.8 Å². The lowest BCUT2D eigenvalue weighted by molar-refractivity contribution is -0.146. The summed E-state index contributed by atoms with van der Waals surface area (Å²) in [4.78, 5) is 26.3. The summed E-state index contributed by atoms with van der Waals surface area (Å²) < 4.78 is 19.5. The first-order valence-electron chi connectivity index (χ1n) is 7.89. The number of halogens is 2. The summed E-state index contributed by atoms with van der Waals surface area (Å²) in [6, 6.07) is 3.55. The molecule has 7 heteroatoms. The van der Waals surface area contributed by atoms with Crippen LogP contribution in [0.2, 0.25) is 5.02 Å². The summed E-state index contributed by atoms with van der Waals surface area (Å²) in [6.07, 6.45) is 4.95. The van der Waals surface area contributed by atoms with Crippen LogP contribution in [0.25, 0.3) is 0 Å². The van der Waals surface area contributed by atoms with Gasteiger partial charge in [-0.25, -0.2) is 4.39 Å². The number of hydrogen-bond acceptors (Lipinski definition) is 3. The van der Waals surface area contributed by atoms with E-state index in [1.165, 1.54) is 23.1 Å². The molecule has 2 bridgehead atoms. The van der Waals surface area contributed by atoms with Crippen LogP contribution in [0.15, 0.2) is 43.0 Å². The Hall–Kier alpha value is -2.18. The molecule has 3 heterocycles. The largest absolute Gasteiger partial charge is 0.481 e. The van der Waals surface area contributed by atoms with Crippen LogP contribution >= 0.6 is 11.6 Å². The number of ether oxygens (including phenoxy) is 1. The summed E-state index contributed by atoms with van der Waals surface area (Å²) in [5, 5.41) is 9.47. The summed E-state index contributed by atoms with van der Waals surface area (Å²) in [7, 11) is 0. The van der Waals surface area contributed by atoms with Gasteiger partial charge in [-0.05, 0) is 24.6 Å². The maximum Gasteiger partial charge on any atom is 0.310 e. The number of carbonyl (C=O) groups excluding carboxylic acids is 1. The van der Waals surface area contributed by atoms with Crippen LogP contribution in [0.3, 0.4) is 0 Å². The average Bonchev–Trinajstić information content (AvgIpc) is 3.20. The Morgan fingerprint density at radius 1 is 1.52 bits per heavy atom. The highest BCUT2D eigenvalue weighted by atomic mass is 35.5. The van der Waals surface area contributed by atoms with E-state index in [2.05, 4.69) is 6.58 Å². The second kappa shape index (κ2) is 5.41. The molecule has 3 aliphatic heterocycles. The van der Waals surface area contributed by atoms with Gasteiger partial charge >= 0.3 is 5.97 Å². The number of hydrogen-bond donors (Lipinski definition) is 1. The predicted molar refractivity (Wildman–Crippen MR) is 88.9 cm³/mol. The Morgan fingerprint density at radius 3 is 2.92 bits per heavy atom. The zero-order valence-corrected chi connectivity index (χ0v) is 13.8. The molecule has 0 aromatic heterocycles. The van der Waals surface area contributed by atoms with Gasteiger partial charge in [0.2, 0.25) is 5.91 Å². The number of carbonyl (C=O) groups is 2. The van der Waals surface area contributed by atoms with E-state index in [0.717, 1.165) is 0 Å². The monoisotopic (exact) mass is 363 g/mol. The van der Waals surface area contributed by atoms with Gasteiger partial charge in [-0.15, -0.1) is 6.58 Å². The fourth-order valence-corrected chi connectivity index (χ4v) is 4.50. The van der Waals surface area contributed by atoms with Gasteiger partial charge in [0.25, 0.3) is 0 Å². The highest BCUT2D eigenvalue weighted by Gasteiger charge is 2.71. The number of carboxylic acids is 1. The number of benzene rings is 1. The first kappa shape index (κ1) is 16.3. The van der Waals surface area contributed by atoms with Gasteiger partial charge in [0.05, 0.1) is 23.1 Å². The molecule has 25 heavy (non-hydrogen) atoms. The lowest BCUT2D eigenvalue weighted by Gasteiger charge is -2.32. The third-order valence-electron chi connectivity index (χ3n) is 5.28. The van der Waals surface area contributed by atoms with E-state index in [9.17, 15) is 19.1 Å². The summed E-state index contributed by atoms with van der Waals surface area (Å²) in [6.45, 7) is 3.74. The van der Waals surface area contributed by atoms with Crippen LogP contribution in [0, 0.1) is 17.7 Å². The van der Waals surface area contributed by atoms with Crippen molar-refractivity contribution in [2.75, 3.05) is 4.90 Å². The van der Waals surface area contributed by atoms with Gasteiger partial charge in [-0.1, -0.05) is 29.8 Å². The maximum atomic E-state index is 13.5. The van der Waals surface area contributed by atoms with Crippen molar-refractivity contribution in [2.24, 2.45) is 11.8 Å². The zero-order chi connectivity index (χ0) is 17.9. The molecule has 0 saturated carbocycles. The number of fused-ring (bicyclic) bond motifs is 1. The SMILES string of the molecule is C=CC[C@H]1N(c2ccc(F)c(Cl)c2)C(=O)[C@H]2[C@@H](C(=O)O)[C@@H]3C=C[C@]21O3. The first-order valence-corrected chi connectivity index (χ1v) is 8.27. The zero-order valence-electron chi connectivity index (χ0n) is 13.1. The number of nitrogens with zero attached hydrogens (tertiary/aromatic N) is 1.